The average molecular weight is 404 g/mol. The van der Waals surface area contributed by atoms with Crippen LogP contribution in [0, 0.1) is 5.92 Å². The molecule has 1 N–H and O–H groups in total. The highest BCUT2D eigenvalue weighted by Crippen LogP contribution is 2.17. The van der Waals surface area contributed by atoms with Crippen LogP contribution in [0.15, 0.2) is 47.3 Å². The molecule has 3 aromatic rings. The van der Waals surface area contributed by atoms with E-state index in [0.29, 0.717) is 6.61 Å². The first kappa shape index (κ1) is 22.1. The summed E-state index contributed by atoms with van der Waals surface area (Å²) in [7, 11) is 3.59. The molecule has 28 heavy (non-hydrogen) atoms. The van der Waals surface area contributed by atoms with Gasteiger partial charge in [0.05, 0.1) is 11.0 Å². The van der Waals surface area contributed by atoms with Crippen molar-refractivity contribution < 1.29 is 4.74 Å². The van der Waals surface area contributed by atoms with Crippen molar-refractivity contribution in [1.29, 1.82) is 0 Å². The molecular weight excluding hydrogens is 374 g/mol. The molecule has 0 amide bonds. The minimum atomic E-state index is -0.0133. The Morgan fingerprint density at radius 3 is 2.29 bits per heavy atom. The van der Waals surface area contributed by atoms with Gasteiger partial charge in [0.2, 0.25) is 0 Å². The number of nitrogens with one attached hydrogen (secondary N) is 1. The molecule has 0 saturated heterocycles. The minimum Gasteiger partial charge on any atom is -0.489 e. The van der Waals surface area contributed by atoms with Crippen molar-refractivity contribution in [3.8, 4) is 5.75 Å². The third-order valence-corrected chi connectivity index (χ3v) is 4.89. The highest BCUT2D eigenvalue weighted by Gasteiger charge is 2.08. The summed E-state index contributed by atoms with van der Waals surface area (Å²) < 4.78 is 9.24. The standard InChI is InChI=1S/C22H29N3O2.ClH/c1-16(2)11-12-23-14-17-5-8-19(9-6-17)27-15-18-7-10-20-21(13-18)25(4)22(26)24(20)3;/h5-10,13,16,23H,11-12,14-15H2,1-4H3;1H. The fourth-order valence-electron chi connectivity index (χ4n) is 3.14. The van der Waals surface area contributed by atoms with Crippen LogP contribution in [-0.4, -0.2) is 15.7 Å². The second-order valence-corrected chi connectivity index (χ2v) is 7.52. The predicted molar refractivity (Wildman–Crippen MR) is 117 cm³/mol. The van der Waals surface area contributed by atoms with Gasteiger partial charge >= 0.3 is 5.69 Å². The van der Waals surface area contributed by atoms with Crippen molar-refractivity contribution in [2.45, 2.75) is 33.4 Å². The monoisotopic (exact) mass is 403 g/mol. The number of fused-ring (bicyclic) bond motifs is 1. The van der Waals surface area contributed by atoms with Crippen LogP contribution in [0.25, 0.3) is 11.0 Å². The average Bonchev–Trinajstić information content (AvgIpc) is 2.88. The van der Waals surface area contributed by atoms with Crippen LogP contribution >= 0.6 is 12.4 Å². The van der Waals surface area contributed by atoms with Gasteiger partial charge in [-0.3, -0.25) is 9.13 Å². The fourth-order valence-corrected chi connectivity index (χ4v) is 3.14. The van der Waals surface area contributed by atoms with Gasteiger partial charge in [-0.2, -0.15) is 0 Å². The van der Waals surface area contributed by atoms with E-state index in [0.717, 1.165) is 41.4 Å². The summed E-state index contributed by atoms with van der Waals surface area (Å²) in [6.07, 6.45) is 1.19. The smallest absolute Gasteiger partial charge is 0.328 e. The Bertz CT molecular complexity index is 958. The summed E-state index contributed by atoms with van der Waals surface area (Å²) >= 11 is 0. The molecule has 0 spiro atoms. The van der Waals surface area contributed by atoms with Gasteiger partial charge in [-0.25, -0.2) is 4.79 Å². The van der Waals surface area contributed by atoms with Crippen molar-refractivity contribution in [2.24, 2.45) is 20.0 Å². The van der Waals surface area contributed by atoms with E-state index in [-0.39, 0.29) is 18.1 Å². The predicted octanol–water partition coefficient (Wildman–Crippen LogP) is 4.01. The van der Waals surface area contributed by atoms with Crippen molar-refractivity contribution in [3.05, 3.63) is 64.1 Å². The highest BCUT2D eigenvalue weighted by molar-refractivity contribution is 5.85. The SMILES string of the molecule is CC(C)CCNCc1ccc(OCc2ccc3c(c2)n(C)c(=O)n3C)cc1.Cl. The maximum Gasteiger partial charge on any atom is 0.328 e. The lowest BCUT2D eigenvalue weighted by atomic mass is 10.1. The number of hydrogen-bond donors (Lipinski definition) is 1. The molecule has 0 aliphatic heterocycles. The molecule has 0 radical (unpaired) electrons. The summed E-state index contributed by atoms with van der Waals surface area (Å²) in [4.78, 5) is 12.0. The molecular formula is C22H30ClN3O2. The number of halogens is 1. The van der Waals surface area contributed by atoms with Crippen LogP contribution in [0.5, 0.6) is 5.75 Å². The van der Waals surface area contributed by atoms with E-state index in [1.165, 1.54) is 12.0 Å². The van der Waals surface area contributed by atoms with Crippen molar-refractivity contribution in [3.63, 3.8) is 0 Å². The molecule has 0 bridgehead atoms. The number of nitrogens with zero attached hydrogens (tertiary/aromatic N) is 2. The van der Waals surface area contributed by atoms with Gasteiger partial charge in [-0.1, -0.05) is 32.0 Å². The largest absolute Gasteiger partial charge is 0.489 e. The summed E-state index contributed by atoms with van der Waals surface area (Å²) in [6.45, 7) is 6.88. The number of aromatic nitrogens is 2. The molecule has 0 atom stereocenters. The Kier molecular flexibility index (Phi) is 7.72. The number of aryl methyl sites for hydroxylation is 2. The quantitative estimate of drug-likeness (QED) is 0.578. The van der Waals surface area contributed by atoms with E-state index in [9.17, 15) is 4.79 Å². The fraction of sp³-hybridized carbons (Fsp3) is 0.409. The van der Waals surface area contributed by atoms with Gasteiger partial charge in [-0.05, 0) is 54.3 Å². The molecule has 0 aliphatic rings. The number of hydrogen-bond acceptors (Lipinski definition) is 3. The summed E-state index contributed by atoms with van der Waals surface area (Å²) in [5.74, 6) is 1.58. The zero-order valence-electron chi connectivity index (χ0n) is 17.1. The zero-order valence-corrected chi connectivity index (χ0v) is 17.9. The summed E-state index contributed by atoms with van der Waals surface area (Å²) in [5, 5.41) is 3.47. The summed E-state index contributed by atoms with van der Waals surface area (Å²) in [6, 6.07) is 14.2. The Hall–Kier alpha value is -2.24. The lowest BCUT2D eigenvalue weighted by Gasteiger charge is -2.09. The number of rotatable bonds is 8. The second kappa shape index (κ2) is 9.80. The first-order valence-electron chi connectivity index (χ1n) is 9.52. The Labute approximate surface area is 172 Å². The third kappa shape index (κ3) is 5.18. The van der Waals surface area contributed by atoms with Gasteiger partial charge in [0, 0.05) is 20.6 Å². The lowest BCUT2D eigenvalue weighted by Crippen LogP contribution is -2.19. The van der Waals surface area contributed by atoms with Crippen LogP contribution in [0.1, 0.15) is 31.4 Å². The summed E-state index contributed by atoms with van der Waals surface area (Å²) in [5.41, 5.74) is 4.14. The zero-order chi connectivity index (χ0) is 19.4. The molecule has 0 fully saturated rings. The minimum absolute atomic E-state index is 0. The van der Waals surface area contributed by atoms with E-state index in [2.05, 4.69) is 31.3 Å². The second-order valence-electron chi connectivity index (χ2n) is 7.52. The highest BCUT2D eigenvalue weighted by atomic mass is 35.5. The lowest BCUT2D eigenvalue weighted by molar-refractivity contribution is 0.306. The molecule has 0 aliphatic carbocycles. The van der Waals surface area contributed by atoms with Crippen molar-refractivity contribution >= 4 is 23.4 Å². The molecule has 5 nitrogen and oxygen atoms in total. The van der Waals surface area contributed by atoms with Crippen LogP contribution in [-0.2, 0) is 27.2 Å². The molecule has 6 heteroatoms. The number of imidazole rings is 1. The van der Waals surface area contributed by atoms with E-state index < -0.39 is 0 Å². The third-order valence-electron chi connectivity index (χ3n) is 4.89. The molecule has 2 aromatic carbocycles. The van der Waals surface area contributed by atoms with Gasteiger partial charge in [0.15, 0.2) is 0 Å². The number of ether oxygens (including phenoxy) is 1. The van der Waals surface area contributed by atoms with E-state index >= 15 is 0 Å². The topological polar surface area (TPSA) is 48.2 Å². The molecule has 1 heterocycles. The van der Waals surface area contributed by atoms with Crippen LogP contribution < -0.4 is 15.7 Å². The van der Waals surface area contributed by atoms with Gasteiger partial charge in [-0.15, -0.1) is 12.4 Å². The first-order chi connectivity index (χ1) is 13.0. The van der Waals surface area contributed by atoms with Crippen LogP contribution in [0.3, 0.4) is 0 Å². The van der Waals surface area contributed by atoms with Gasteiger partial charge < -0.3 is 10.1 Å². The molecule has 0 unspecified atom stereocenters. The van der Waals surface area contributed by atoms with E-state index in [4.69, 9.17) is 4.74 Å². The normalized spacial score (nSPS) is 11.0. The van der Waals surface area contributed by atoms with Crippen molar-refractivity contribution in [2.75, 3.05) is 6.54 Å². The van der Waals surface area contributed by atoms with Gasteiger partial charge in [0.1, 0.15) is 12.4 Å². The maximum atomic E-state index is 12.0. The van der Waals surface area contributed by atoms with Crippen LogP contribution in [0.2, 0.25) is 0 Å². The molecule has 1 aromatic heterocycles. The van der Waals surface area contributed by atoms with Crippen LogP contribution in [0.4, 0.5) is 0 Å². The Balaban J connectivity index is 0.00000280. The maximum absolute atomic E-state index is 12.0. The molecule has 3 rings (SSSR count). The van der Waals surface area contributed by atoms with Crippen molar-refractivity contribution in [1.82, 2.24) is 14.5 Å². The van der Waals surface area contributed by atoms with Gasteiger partial charge in [0.25, 0.3) is 0 Å². The number of benzene rings is 2. The Morgan fingerprint density at radius 1 is 0.964 bits per heavy atom. The molecule has 152 valence electrons. The Morgan fingerprint density at radius 2 is 1.61 bits per heavy atom. The molecule has 0 saturated carbocycles. The van der Waals surface area contributed by atoms with E-state index in [1.54, 1.807) is 23.2 Å². The first-order valence-corrected chi connectivity index (χ1v) is 9.52. The van der Waals surface area contributed by atoms with E-state index in [1.807, 2.05) is 30.3 Å².